The second-order valence-corrected chi connectivity index (χ2v) is 3.98. The van der Waals surface area contributed by atoms with E-state index in [1.165, 1.54) is 6.42 Å². The molecule has 0 radical (unpaired) electrons. The van der Waals surface area contributed by atoms with Crippen molar-refractivity contribution < 1.29 is 9.90 Å². The van der Waals surface area contributed by atoms with Gasteiger partial charge in [-0.1, -0.05) is 0 Å². The van der Waals surface area contributed by atoms with Gasteiger partial charge in [-0.15, -0.1) is 0 Å². The van der Waals surface area contributed by atoms with Crippen molar-refractivity contribution in [2.24, 2.45) is 5.73 Å². The van der Waals surface area contributed by atoms with Gasteiger partial charge in [-0.2, -0.15) is 0 Å². The van der Waals surface area contributed by atoms with E-state index < -0.39 is 6.04 Å². The van der Waals surface area contributed by atoms with Crippen molar-refractivity contribution in [3.8, 4) is 0 Å². The Balaban J connectivity index is 2.46. The molecule has 4 heteroatoms. The van der Waals surface area contributed by atoms with Crippen LogP contribution in [0.2, 0.25) is 0 Å². The van der Waals surface area contributed by atoms with Crippen LogP contribution in [-0.2, 0) is 4.79 Å². The molecule has 1 saturated carbocycles. The third-order valence-corrected chi connectivity index (χ3v) is 2.75. The van der Waals surface area contributed by atoms with Gasteiger partial charge in [0.1, 0.15) is 0 Å². The van der Waals surface area contributed by atoms with Gasteiger partial charge in [-0.3, -0.25) is 4.79 Å². The largest absolute Gasteiger partial charge is 0.396 e. The van der Waals surface area contributed by atoms with Gasteiger partial charge in [0.25, 0.3) is 0 Å². The fraction of sp³-hybridized carbons (Fsp3) is 0.900. The fourth-order valence-corrected chi connectivity index (χ4v) is 1.67. The van der Waals surface area contributed by atoms with Gasteiger partial charge in [-0.25, -0.2) is 0 Å². The average Bonchev–Trinajstić information content (AvgIpc) is 2.07. The number of aliphatic hydroxyl groups excluding tert-OH is 1. The molecule has 3 N–H and O–H groups in total. The van der Waals surface area contributed by atoms with Crippen LogP contribution in [0.1, 0.15) is 32.6 Å². The maximum absolute atomic E-state index is 11.7. The molecule has 82 valence electrons. The van der Waals surface area contributed by atoms with Crippen molar-refractivity contribution in [2.45, 2.75) is 44.7 Å². The molecule has 4 nitrogen and oxygen atoms in total. The summed E-state index contributed by atoms with van der Waals surface area (Å²) >= 11 is 0. The highest BCUT2D eigenvalue weighted by atomic mass is 16.3. The summed E-state index contributed by atoms with van der Waals surface area (Å²) in [7, 11) is 0. The average molecular weight is 200 g/mol. The van der Waals surface area contributed by atoms with Gasteiger partial charge in [-0.05, 0) is 32.6 Å². The van der Waals surface area contributed by atoms with Crippen LogP contribution in [0, 0.1) is 0 Å². The molecule has 0 aromatic rings. The smallest absolute Gasteiger partial charge is 0.239 e. The summed E-state index contributed by atoms with van der Waals surface area (Å²) in [4.78, 5) is 13.5. The summed E-state index contributed by atoms with van der Waals surface area (Å²) in [5, 5.41) is 8.74. The van der Waals surface area contributed by atoms with Gasteiger partial charge in [0.15, 0.2) is 0 Å². The normalized spacial score (nSPS) is 18.8. The standard InChI is InChI=1S/C10H20N2O2/c1-8(11)10(14)12(6-3-7-13)9-4-2-5-9/h8-9,13H,2-7,11H2,1H3/t8-/m0/s1. The van der Waals surface area contributed by atoms with E-state index in [0.29, 0.717) is 19.0 Å². The molecule has 0 bridgehead atoms. The summed E-state index contributed by atoms with van der Waals surface area (Å²) < 4.78 is 0. The first-order valence-electron chi connectivity index (χ1n) is 5.33. The maximum atomic E-state index is 11.7. The first kappa shape index (κ1) is 11.5. The Morgan fingerprint density at radius 3 is 2.64 bits per heavy atom. The van der Waals surface area contributed by atoms with E-state index in [9.17, 15) is 4.79 Å². The number of carbonyl (C=O) groups excluding carboxylic acids is 1. The molecule has 1 amide bonds. The Labute approximate surface area is 85.1 Å². The van der Waals surface area contributed by atoms with Crippen LogP contribution in [0.3, 0.4) is 0 Å². The minimum Gasteiger partial charge on any atom is -0.396 e. The summed E-state index contributed by atoms with van der Waals surface area (Å²) in [6.07, 6.45) is 4.02. The summed E-state index contributed by atoms with van der Waals surface area (Å²) in [5.41, 5.74) is 5.57. The molecule has 1 atom stereocenters. The molecule has 0 saturated heterocycles. The number of amides is 1. The van der Waals surface area contributed by atoms with Crippen molar-refractivity contribution in [1.29, 1.82) is 0 Å². The van der Waals surface area contributed by atoms with E-state index in [1.807, 2.05) is 4.90 Å². The van der Waals surface area contributed by atoms with E-state index >= 15 is 0 Å². The third kappa shape index (κ3) is 2.69. The van der Waals surface area contributed by atoms with E-state index in [2.05, 4.69) is 0 Å². The highest BCUT2D eigenvalue weighted by molar-refractivity contribution is 5.81. The number of aliphatic hydroxyl groups is 1. The molecule has 0 spiro atoms. The maximum Gasteiger partial charge on any atom is 0.239 e. The summed E-state index contributed by atoms with van der Waals surface area (Å²) in [6, 6.07) is -0.0469. The molecule has 0 aliphatic heterocycles. The highest BCUT2D eigenvalue weighted by Gasteiger charge is 2.29. The molecular formula is C10H20N2O2. The Morgan fingerprint density at radius 1 is 1.64 bits per heavy atom. The number of nitrogens with zero attached hydrogens (tertiary/aromatic N) is 1. The van der Waals surface area contributed by atoms with Crippen molar-refractivity contribution in [2.75, 3.05) is 13.2 Å². The van der Waals surface area contributed by atoms with Crippen molar-refractivity contribution in [3.05, 3.63) is 0 Å². The van der Waals surface area contributed by atoms with Crippen molar-refractivity contribution in [1.82, 2.24) is 4.90 Å². The van der Waals surface area contributed by atoms with Crippen molar-refractivity contribution in [3.63, 3.8) is 0 Å². The molecule has 1 fully saturated rings. The van der Waals surface area contributed by atoms with Crippen LogP contribution in [-0.4, -0.2) is 41.1 Å². The van der Waals surface area contributed by atoms with E-state index in [4.69, 9.17) is 10.8 Å². The number of nitrogens with two attached hydrogens (primary N) is 1. The second-order valence-electron chi connectivity index (χ2n) is 3.98. The summed E-state index contributed by atoms with van der Waals surface area (Å²) in [6.45, 7) is 2.49. The quantitative estimate of drug-likeness (QED) is 0.661. The fourth-order valence-electron chi connectivity index (χ4n) is 1.67. The molecule has 0 aromatic carbocycles. The third-order valence-electron chi connectivity index (χ3n) is 2.75. The molecule has 0 aromatic heterocycles. The van der Waals surface area contributed by atoms with Crippen LogP contribution in [0.25, 0.3) is 0 Å². The predicted molar refractivity (Wildman–Crippen MR) is 54.7 cm³/mol. The van der Waals surface area contributed by atoms with Crippen molar-refractivity contribution >= 4 is 5.91 Å². The Bertz CT molecular complexity index is 191. The molecule has 0 unspecified atom stereocenters. The Kier molecular flexibility index (Phi) is 4.35. The van der Waals surface area contributed by atoms with Gasteiger partial charge in [0, 0.05) is 19.2 Å². The number of carbonyl (C=O) groups is 1. The molecule has 1 aliphatic rings. The molecule has 14 heavy (non-hydrogen) atoms. The van der Waals surface area contributed by atoms with Crippen LogP contribution in [0.5, 0.6) is 0 Å². The number of hydrogen-bond donors (Lipinski definition) is 2. The second kappa shape index (κ2) is 5.32. The Hall–Kier alpha value is -0.610. The number of rotatable bonds is 5. The van der Waals surface area contributed by atoms with Crippen LogP contribution < -0.4 is 5.73 Å². The minimum absolute atomic E-state index is 0.0168. The van der Waals surface area contributed by atoms with E-state index in [0.717, 1.165) is 12.8 Å². The van der Waals surface area contributed by atoms with Gasteiger partial charge >= 0.3 is 0 Å². The topological polar surface area (TPSA) is 66.6 Å². The monoisotopic (exact) mass is 200 g/mol. The Morgan fingerprint density at radius 2 is 2.29 bits per heavy atom. The first-order chi connectivity index (χ1) is 6.66. The predicted octanol–water partition coefficient (Wildman–Crippen LogP) is 0.0971. The molecular weight excluding hydrogens is 180 g/mol. The lowest BCUT2D eigenvalue weighted by Crippen LogP contribution is -2.50. The molecule has 1 rings (SSSR count). The first-order valence-corrected chi connectivity index (χ1v) is 5.33. The molecule has 1 aliphatic carbocycles. The van der Waals surface area contributed by atoms with Gasteiger partial charge in [0.05, 0.1) is 6.04 Å². The lowest BCUT2D eigenvalue weighted by molar-refractivity contribution is -0.136. The highest BCUT2D eigenvalue weighted by Crippen LogP contribution is 2.25. The summed E-state index contributed by atoms with van der Waals surface area (Å²) in [5.74, 6) is 0.0168. The van der Waals surface area contributed by atoms with Crippen LogP contribution >= 0.6 is 0 Å². The zero-order valence-electron chi connectivity index (χ0n) is 8.78. The van der Waals surface area contributed by atoms with Gasteiger partial charge in [0.2, 0.25) is 5.91 Å². The van der Waals surface area contributed by atoms with Crippen LogP contribution in [0.4, 0.5) is 0 Å². The zero-order chi connectivity index (χ0) is 10.6. The lowest BCUT2D eigenvalue weighted by atomic mass is 9.91. The number of hydrogen-bond acceptors (Lipinski definition) is 3. The minimum atomic E-state index is -0.422. The van der Waals surface area contributed by atoms with E-state index in [-0.39, 0.29) is 12.5 Å². The van der Waals surface area contributed by atoms with E-state index in [1.54, 1.807) is 6.92 Å². The zero-order valence-corrected chi connectivity index (χ0v) is 8.78. The SMILES string of the molecule is C[C@H](N)C(=O)N(CCCO)C1CCC1. The van der Waals surface area contributed by atoms with Gasteiger partial charge < -0.3 is 15.7 Å². The van der Waals surface area contributed by atoms with Crippen LogP contribution in [0.15, 0.2) is 0 Å². The molecule has 0 heterocycles. The lowest BCUT2D eigenvalue weighted by Gasteiger charge is -2.38.